The predicted octanol–water partition coefficient (Wildman–Crippen LogP) is 1.57. The average molecular weight is 445 g/mol. The van der Waals surface area contributed by atoms with Crippen molar-refractivity contribution in [1.82, 2.24) is 14.9 Å². The van der Waals surface area contributed by atoms with Gasteiger partial charge in [-0.25, -0.2) is 4.98 Å². The van der Waals surface area contributed by atoms with Crippen LogP contribution in [-0.2, 0) is 13.1 Å². The fourth-order valence-electron chi connectivity index (χ4n) is 4.07. The van der Waals surface area contributed by atoms with Gasteiger partial charge in [-0.15, -0.1) is 0 Å². The van der Waals surface area contributed by atoms with Gasteiger partial charge in [-0.1, -0.05) is 72.8 Å². The largest absolute Gasteiger partial charge is 1.00 e. The molecule has 1 saturated heterocycles. The summed E-state index contributed by atoms with van der Waals surface area (Å²) in [6, 6.07) is 29.4. The average Bonchev–Trinajstić information content (AvgIpc) is 2.84. The molecule has 0 spiro atoms. The Morgan fingerprint density at radius 1 is 0.688 bits per heavy atom. The maximum Gasteiger partial charge on any atom is 0.227 e. The molecule has 1 aromatic heterocycles. The SMILES string of the molecule is [Cl-].c1ccc(CNc2nc(N3CCN(Cc4ccccc4)CC3)nc3ccccc23)cc1. The quantitative estimate of drug-likeness (QED) is 0.489. The van der Waals surface area contributed by atoms with E-state index in [0.29, 0.717) is 0 Å². The summed E-state index contributed by atoms with van der Waals surface area (Å²) in [5, 5.41) is 4.60. The highest BCUT2D eigenvalue weighted by Gasteiger charge is 2.20. The first-order chi connectivity index (χ1) is 15.3. The highest BCUT2D eigenvalue weighted by Crippen LogP contribution is 2.25. The number of piperazine rings is 1. The topological polar surface area (TPSA) is 44.3 Å². The molecule has 4 aromatic rings. The number of aromatic nitrogens is 2. The van der Waals surface area contributed by atoms with Crippen molar-refractivity contribution in [3.05, 3.63) is 96.1 Å². The van der Waals surface area contributed by atoms with Crippen LogP contribution < -0.4 is 22.6 Å². The number of hydrogen-bond acceptors (Lipinski definition) is 5. The molecule has 6 heteroatoms. The zero-order valence-electron chi connectivity index (χ0n) is 18.0. The highest BCUT2D eigenvalue weighted by atomic mass is 35.5. The molecular formula is C26H27ClN5-. The van der Waals surface area contributed by atoms with Gasteiger partial charge in [0.1, 0.15) is 5.82 Å². The number of benzene rings is 3. The van der Waals surface area contributed by atoms with Crippen LogP contribution in [0.5, 0.6) is 0 Å². The lowest BCUT2D eigenvalue weighted by molar-refractivity contribution is -0.00000628. The van der Waals surface area contributed by atoms with Gasteiger partial charge in [0.05, 0.1) is 5.52 Å². The second kappa shape index (κ2) is 10.4. The molecule has 0 bridgehead atoms. The van der Waals surface area contributed by atoms with Gasteiger partial charge < -0.3 is 22.6 Å². The number of nitrogens with one attached hydrogen (secondary N) is 1. The zero-order chi connectivity index (χ0) is 20.9. The second-order valence-electron chi connectivity index (χ2n) is 7.98. The van der Waals surface area contributed by atoms with Crippen LogP contribution in [0.3, 0.4) is 0 Å². The van der Waals surface area contributed by atoms with Gasteiger partial charge in [-0.05, 0) is 23.3 Å². The molecule has 0 radical (unpaired) electrons. The minimum Gasteiger partial charge on any atom is -1.00 e. The minimum atomic E-state index is 0. The minimum absolute atomic E-state index is 0. The molecule has 0 amide bonds. The van der Waals surface area contributed by atoms with E-state index in [2.05, 4.69) is 81.8 Å². The Labute approximate surface area is 195 Å². The van der Waals surface area contributed by atoms with Crippen molar-refractivity contribution in [3.63, 3.8) is 0 Å². The summed E-state index contributed by atoms with van der Waals surface area (Å²) in [6.45, 7) is 5.63. The second-order valence-corrected chi connectivity index (χ2v) is 7.98. The van der Waals surface area contributed by atoms with E-state index >= 15 is 0 Å². The van der Waals surface area contributed by atoms with Crippen LogP contribution in [0.4, 0.5) is 11.8 Å². The Morgan fingerprint density at radius 3 is 2.03 bits per heavy atom. The van der Waals surface area contributed by atoms with Gasteiger partial charge in [0.15, 0.2) is 0 Å². The zero-order valence-corrected chi connectivity index (χ0v) is 18.7. The van der Waals surface area contributed by atoms with Crippen LogP contribution in [0, 0.1) is 0 Å². The van der Waals surface area contributed by atoms with E-state index in [1.807, 2.05) is 18.2 Å². The molecule has 164 valence electrons. The number of nitrogens with zero attached hydrogens (tertiary/aromatic N) is 4. The lowest BCUT2D eigenvalue weighted by atomic mass is 10.2. The molecule has 0 atom stereocenters. The maximum absolute atomic E-state index is 4.93. The van der Waals surface area contributed by atoms with Crippen LogP contribution in [0.15, 0.2) is 84.9 Å². The molecule has 32 heavy (non-hydrogen) atoms. The molecule has 1 fully saturated rings. The van der Waals surface area contributed by atoms with Crippen molar-refractivity contribution in [2.75, 3.05) is 36.4 Å². The molecule has 0 saturated carbocycles. The first-order valence-electron chi connectivity index (χ1n) is 10.9. The number of fused-ring (bicyclic) bond motifs is 1. The molecule has 1 aliphatic heterocycles. The molecular weight excluding hydrogens is 418 g/mol. The van der Waals surface area contributed by atoms with E-state index in [4.69, 9.17) is 9.97 Å². The van der Waals surface area contributed by atoms with E-state index in [9.17, 15) is 0 Å². The summed E-state index contributed by atoms with van der Waals surface area (Å²) in [4.78, 5) is 14.6. The van der Waals surface area contributed by atoms with E-state index < -0.39 is 0 Å². The summed E-state index contributed by atoms with van der Waals surface area (Å²) in [6.07, 6.45) is 0. The lowest BCUT2D eigenvalue weighted by Gasteiger charge is -2.35. The van der Waals surface area contributed by atoms with Gasteiger partial charge in [0.25, 0.3) is 0 Å². The molecule has 0 aliphatic carbocycles. The van der Waals surface area contributed by atoms with Crippen molar-refractivity contribution < 1.29 is 12.4 Å². The smallest absolute Gasteiger partial charge is 0.227 e. The van der Waals surface area contributed by atoms with E-state index in [-0.39, 0.29) is 12.4 Å². The van der Waals surface area contributed by atoms with Crippen molar-refractivity contribution in [1.29, 1.82) is 0 Å². The van der Waals surface area contributed by atoms with Crippen molar-refractivity contribution in [3.8, 4) is 0 Å². The molecule has 2 heterocycles. The number of halogens is 1. The Balaban J connectivity index is 0.00000245. The van der Waals surface area contributed by atoms with Gasteiger partial charge in [0.2, 0.25) is 5.95 Å². The van der Waals surface area contributed by atoms with Crippen molar-refractivity contribution in [2.24, 2.45) is 0 Å². The number of anilines is 2. The van der Waals surface area contributed by atoms with Crippen LogP contribution in [-0.4, -0.2) is 41.0 Å². The van der Waals surface area contributed by atoms with Crippen molar-refractivity contribution in [2.45, 2.75) is 13.1 Å². The fraction of sp³-hybridized carbons (Fsp3) is 0.231. The maximum atomic E-state index is 4.93. The number of hydrogen-bond donors (Lipinski definition) is 1. The van der Waals surface area contributed by atoms with Crippen LogP contribution in [0.25, 0.3) is 10.9 Å². The first-order valence-corrected chi connectivity index (χ1v) is 10.9. The van der Waals surface area contributed by atoms with Gasteiger partial charge in [0, 0.05) is 44.7 Å². The summed E-state index contributed by atoms with van der Waals surface area (Å²) >= 11 is 0. The van der Waals surface area contributed by atoms with Gasteiger partial charge >= 0.3 is 0 Å². The van der Waals surface area contributed by atoms with Gasteiger partial charge in [-0.2, -0.15) is 4.98 Å². The highest BCUT2D eigenvalue weighted by molar-refractivity contribution is 5.90. The third-order valence-corrected chi connectivity index (χ3v) is 5.80. The van der Waals surface area contributed by atoms with Crippen LogP contribution in [0.2, 0.25) is 0 Å². The molecule has 5 rings (SSSR count). The first kappa shape index (κ1) is 22.1. The van der Waals surface area contributed by atoms with E-state index in [1.165, 1.54) is 11.1 Å². The van der Waals surface area contributed by atoms with E-state index in [1.54, 1.807) is 0 Å². The fourth-order valence-corrected chi connectivity index (χ4v) is 4.07. The standard InChI is InChI=1S/C26H27N5.ClH/c1-3-9-21(10-4-1)19-27-25-23-13-7-8-14-24(23)28-26(29-25)31-17-15-30(16-18-31)20-22-11-5-2-6-12-22;/h1-14H,15-20H2,(H,27,28,29);1H/p-1. The number of para-hydroxylation sites is 1. The van der Waals surface area contributed by atoms with Crippen LogP contribution in [0.1, 0.15) is 11.1 Å². The normalized spacial score (nSPS) is 14.2. The monoisotopic (exact) mass is 444 g/mol. The molecule has 1 N–H and O–H groups in total. The van der Waals surface area contributed by atoms with Crippen molar-refractivity contribution >= 4 is 22.7 Å². The Hall–Kier alpha value is -3.15. The summed E-state index contributed by atoms with van der Waals surface area (Å²) < 4.78 is 0. The number of rotatable bonds is 6. The third kappa shape index (κ3) is 5.18. The van der Waals surface area contributed by atoms with Crippen LogP contribution >= 0.6 is 0 Å². The molecule has 1 aliphatic rings. The third-order valence-electron chi connectivity index (χ3n) is 5.80. The molecule has 0 unspecified atom stereocenters. The Kier molecular flexibility index (Phi) is 7.20. The lowest BCUT2D eigenvalue weighted by Crippen LogP contribution is -3.00. The molecule has 5 nitrogen and oxygen atoms in total. The predicted molar refractivity (Wildman–Crippen MR) is 127 cm³/mol. The Morgan fingerprint density at radius 2 is 1.31 bits per heavy atom. The molecule has 3 aromatic carbocycles. The Bertz CT molecular complexity index is 1130. The van der Waals surface area contributed by atoms with E-state index in [0.717, 1.165) is 61.9 Å². The summed E-state index contributed by atoms with van der Waals surface area (Å²) in [5.41, 5.74) is 3.58. The summed E-state index contributed by atoms with van der Waals surface area (Å²) in [7, 11) is 0. The van der Waals surface area contributed by atoms with Gasteiger partial charge in [-0.3, -0.25) is 4.90 Å². The summed E-state index contributed by atoms with van der Waals surface area (Å²) in [5.74, 6) is 1.71.